The van der Waals surface area contributed by atoms with Gasteiger partial charge in [-0.3, -0.25) is 0 Å². The van der Waals surface area contributed by atoms with Crippen LogP contribution < -0.4 is 0 Å². The third kappa shape index (κ3) is 4.83. The highest BCUT2D eigenvalue weighted by Gasteiger charge is 1.89. The highest BCUT2D eigenvalue weighted by Crippen LogP contribution is 2.09. The van der Waals surface area contributed by atoms with Crippen LogP contribution in [-0.2, 0) is 4.74 Å². The largest absolute Gasteiger partial charge is 0.381 e. The van der Waals surface area contributed by atoms with Gasteiger partial charge in [-0.05, 0) is 25.3 Å². The van der Waals surface area contributed by atoms with Crippen LogP contribution in [0.4, 0.5) is 0 Å². The lowest BCUT2D eigenvalue weighted by molar-refractivity contribution is 0.152. The van der Waals surface area contributed by atoms with Crippen molar-refractivity contribution in [2.45, 2.75) is 19.8 Å². The summed E-state index contributed by atoms with van der Waals surface area (Å²) in [6.07, 6.45) is 16.9. The van der Waals surface area contributed by atoms with Crippen LogP contribution >= 0.6 is 0 Å². The first-order valence-electron chi connectivity index (χ1n) is 5.20. The Morgan fingerprint density at radius 2 is 2.36 bits per heavy atom. The zero-order valence-electron chi connectivity index (χ0n) is 8.78. The Hall–Kier alpha value is -1.08. The molecule has 1 aliphatic rings. The van der Waals surface area contributed by atoms with Crippen molar-refractivity contribution in [3.05, 3.63) is 48.1 Å². The summed E-state index contributed by atoms with van der Waals surface area (Å²) in [5, 5.41) is 0. The molecule has 0 saturated heterocycles. The lowest BCUT2D eigenvalue weighted by Gasteiger charge is -1.99. The summed E-state index contributed by atoms with van der Waals surface area (Å²) in [5.74, 6) is 0. The second-order valence-electron chi connectivity index (χ2n) is 3.15. The molecule has 1 aliphatic carbocycles. The van der Waals surface area contributed by atoms with Crippen LogP contribution in [0.25, 0.3) is 0 Å². The fourth-order valence-corrected chi connectivity index (χ4v) is 1.24. The molecule has 0 saturated carbocycles. The Labute approximate surface area is 86.5 Å². The molecule has 0 bridgehead atoms. The van der Waals surface area contributed by atoms with Gasteiger partial charge in [0.2, 0.25) is 0 Å². The molecular formula is C13H18O. The summed E-state index contributed by atoms with van der Waals surface area (Å²) in [6, 6.07) is 0. The first-order valence-corrected chi connectivity index (χ1v) is 5.20. The number of rotatable bonds is 5. The predicted octanol–water partition coefficient (Wildman–Crippen LogP) is 3.41. The normalized spacial score (nSPS) is 18.5. The van der Waals surface area contributed by atoms with E-state index in [9.17, 15) is 0 Å². The van der Waals surface area contributed by atoms with E-state index in [0.717, 1.165) is 26.1 Å². The van der Waals surface area contributed by atoms with Gasteiger partial charge < -0.3 is 4.74 Å². The average molecular weight is 190 g/mol. The maximum Gasteiger partial charge on any atom is 0.0500 e. The lowest BCUT2D eigenvalue weighted by atomic mass is 10.1. The van der Waals surface area contributed by atoms with Gasteiger partial charge in [0.25, 0.3) is 0 Å². The Morgan fingerprint density at radius 3 is 3.07 bits per heavy atom. The summed E-state index contributed by atoms with van der Waals surface area (Å²) in [7, 11) is 0. The Bertz CT molecular complexity index is 256. The summed E-state index contributed by atoms with van der Waals surface area (Å²) in [5.41, 5.74) is 1.36. The SMILES string of the molecule is CCOCC/C=C\C=C1\C=CC=CC1. The summed E-state index contributed by atoms with van der Waals surface area (Å²) in [6.45, 7) is 3.65. The molecule has 76 valence electrons. The average Bonchev–Trinajstić information content (AvgIpc) is 2.25. The molecular weight excluding hydrogens is 172 g/mol. The van der Waals surface area contributed by atoms with E-state index in [1.807, 2.05) is 6.92 Å². The van der Waals surface area contributed by atoms with E-state index in [4.69, 9.17) is 4.74 Å². The monoisotopic (exact) mass is 190 g/mol. The number of ether oxygens (including phenoxy) is 1. The zero-order chi connectivity index (χ0) is 10.1. The van der Waals surface area contributed by atoms with Crippen molar-refractivity contribution in [2.24, 2.45) is 0 Å². The fourth-order valence-electron chi connectivity index (χ4n) is 1.24. The van der Waals surface area contributed by atoms with Crippen LogP contribution in [0.5, 0.6) is 0 Å². The van der Waals surface area contributed by atoms with Gasteiger partial charge in [0, 0.05) is 13.2 Å². The molecule has 0 fully saturated rings. The highest BCUT2D eigenvalue weighted by molar-refractivity contribution is 5.31. The summed E-state index contributed by atoms with van der Waals surface area (Å²) < 4.78 is 5.23. The van der Waals surface area contributed by atoms with Gasteiger partial charge in [-0.2, -0.15) is 0 Å². The third-order valence-electron chi connectivity index (χ3n) is 1.99. The molecule has 1 heteroatoms. The Morgan fingerprint density at radius 1 is 1.43 bits per heavy atom. The van der Waals surface area contributed by atoms with E-state index in [1.165, 1.54) is 5.57 Å². The molecule has 0 N–H and O–H groups in total. The molecule has 0 amide bonds. The summed E-state index contributed by atoms with van der Waals surface area (Å²) >= 11 is 0. The highest BCUT2D eigenvalue weighted by atomic mass is 16.5. The maximum atomic E-state index is 5.23. The second-order valence-corrected chi connectivity index (χ2v) is 3.15. The van der Waals surface area contributed by atoms with Crippen molar-refractivity contribution < 1.29 is 4.74 Å². The van der Waals surface area contributed by atoms with E-state index in [2.05, 4.69) is 42.5 Å². The van der Waals surface area contributed by atoms with Crippen LogP contribution in [0.15, 0.2) is 48.1 Å². The molecule has 0 atom stereocenters. The topological polar surface area (TPSA) is 9.23 Å². The van der Waals surface area contributed by atoms with Gasteiger partial charge in [0.15, 0.2) is 0 Å². The van der Waals surface area contributed by atoms with E-state index >= 15 is 0 Å². The molecule has 0 spiro atoms. The first kappa shape index (κ1) is 11.0. The van der Waals surface area contributed by atoms with E-state index < -0.39 is 0 Å². The van der Waals surface area contributed by atoms with Crippen molar-refractivity contribution in [1.82, 2.24) is 0 Å². The molecule has 0 aromatic heterocycles. The smallest absolute Gasteiger partial charge is 0.0500 e. The minimum atomic E-state index is 0.808. The molecule has 1 nitrogen and oxygen atoms in total. The minimum Gasteiger partial charge on any atom is -0.381 e. The molecule has 0 aromatic carbocycles. The molecule has 0 aliphatic heterocycles. The van der Waals surface area contributed by atoms with Crippen LogP contribution in [0.1, 0.15) is 19.8 Å². The summed E-state index contributed by atoms with van der Waals surface area (Å²) in [4.78, 5) is 0. The number of hydrogen-bond donors (Lipinski definition) is 0. The van der Waals surface area contributed by atoms with Gasteiger partial charge in [-0.15, -0.1) is 0 Å². The maximum absolute atomic E-state index is 5.23. The third-order valence-corrected chi connectivity index (χ3v) is 1.99. The number of hydrogen-bond acceptors (Lipinski definition) is 1. The van der Waals surface area contributed by atoms with Crippen molar-refractivity contribution in [3.63, 3.8) is 0 Å². The van der Waals surface area contributed by atoms with Crippen LogP contribution in [-0.4, -0.2) is 13.2 Å². The van der Waals surface area contributed by atoms with E-state index in [-0.39, 0.29) is 0 Å². The van der Waals surface area contributed by atoms with Crippen molar-refractivity contribution >= 4 is 0 Å². The fraction of sp³-hybridized carbons (Fsp3) is 0.385. The Balaban J connectivity index is 2.18. The molecule has 14 heavy (non-hydrogen) atoms. The minimum absolute atomic E-state index is 0.808. The zero-order valence-corrected chi connectivity index (χ0v) is 8.78. The molecule has 0 radical (unpaired) electrons. The second kappa shape index (κ2) is 7.34. The van der Waals surface area contributed by atoms with Crippen LogP contribution in [0.2, 0.25) is 0 Å². The number of allylic oxidation sites excluding steroid dienone is 7. The van der Waals surface area contributed by atoms with Gasteiger partial charge in [0.1, 0.15) is 0 Å². The molecule has 0 aromatic rings. The van der Waals surface area contributed by atoms with Gasteiger partial charge in [0.05, 0.1) is 0 Å². The van der Waals surface area contributed by atoms with Crippen LogP contribution in [0, 0.1) is 0 Å². The van der Waals surface area contributed by atoms with Crippen molar-refractivity contribution in [1.29, 1.82) is 0 Å². The van der Waals surface area contributed by atoms with Gasteiger partial charge >= 0.3 is 0 Å². The first-order chi connectivity index (χ1) is 6.93. The molecule has 0 heterocycles. The quantitative estimate of drug-likeness (QED) is 0.604. The van der Waals surface area contributed by atoms with Crippen molar-refractivity contribution in [3.8, 4) is 0 Å². The Kier molecular flexibility index (Phi) is 5.76. The molecule has 1 rings (SSSR count). The van der Waals surface area contributed by atoms with Gasteiger partial charge in [-0.1, -0.05) is 42.5 Å². The predicted molar refractivity (Wildman–Crippen MR) is 61.2 cm³/mol. The van der Waals surface area contributed by atoms with Crippen molar-refractivity contribution in [2.75, 3.05) is 13.2 Å². The van der Waals surface area contributed by atoms with Gasteiger partial charge in [-0.25, -0.2) is 0 Å². The van der Waals surface area contributed by atoms with E-state index in [1.54, 1.807) is 0 Å². The van der Waals surface area contributed by atoms with E-state index in [0.29, 0.717) is 0 Å². The standard InChI is InChI=1S/C13H18O/c1-2-14-12-8-4-7-11-13-9-5-3-6-10-13/h3-7,9,11H,2,8,10,12H2,1H3/b7-4-,13-11-. The van der Waals surface area contributed by atoms with Crippen LogP contribution in [0.3, 0.4) is 0 Å². The molecule has 0 unspecified atom stereocenters. The lowest BCUT2D eigenvalue weighted by Crippen LogP contribution is -1.90.